The van der Waals surface area contributed by atoms with Crippen molar-refractivity contribution < 1.29 is 38.3 Å². The lowest BCUT2D eigenvalue weighted by Crippen LogP contribution is -2.39. The van der Waals surface area contributed by atoms with E-state index in [1.807, 2.05) is 133 Å². The van der Waals surface area contributed by atoms with Gasteiger partial charge >= 0.3 is 5.97 Å². The zero-order valence-corrected chi connectivity index (χ0v) is 38.1. The lowest BCUT2D eigenvalue weighted by molar-refractivity contribution is -0.254. The number of cyclic esters (lactones) is 1. The van der Waals surface area contributed by atoms with Crippen LogP contribution in [0.15, 0.2) is 163 Å². The zero-order valence-electron chi connectivity index (χ0n) is 36.5. The number of carbonyl (C=O) groups excluding carboxylic acids is 1. The number of halogens is 1. The van der Waals surface area contributed by atoms with E-state index in [0.717, 1.165) is 32.4 Å². The molecule has 8 aromatic rings. The highest BCUT2D eigenvalue weighted by Crippen LogP contribution is 2.40. The third-order valence-electron chi connectivity index (χ3n) is 11.0. The highest BCUT2D eigenvalue weighted by molar-refractivity contribution is 9.10. The van der Waals surface area contributed by atoms with Crippen LogP contribution in [0.5, 0.6) is 0 Å². The molecule has 6 heterocycles. The Labute approximate surface area is 395 Å². The van der Waals surface area contributed by atoms with Crippen molar-refractivity contribution >= 4 is 44.6 Å². The van der Waals surface area contributed by atoms with Gasteiger partial charge in [-0.2, -0.15) is 10.2 Å². The number of nitrogens with zero attached hydrogens (tertiary/aromatic N) is 6. The third-order valence-corrected chi connectivity index (χ3v) is 11.6. The van der Waals surface area contributed by atoms with Crippen LogP contribution < -0.4 is 11.5 Å². The number of hydrogen-bond donors (Lipinski definition) is 3. The maximum absolute atomic E-state index is 11.8. The Balaban J connectivity index is 0.000000154. The summed E-state index contributed by atoms with van der Waals surface area (Å²) in [5, 5.41) is 20.0. The number of ether oxygens (including phenoxy) is 6. The van der Waals surface area contributed by atoms with E-state index >= 15 is 0 Å². The molecule has 2 aliphatic rings. The number of carbonyl (C=O) groups is 1. The summed E-state index contributed by atoms with van der Waals surface area (Å²) in [4.78, 5) is 19.7. The number of hydrogen-bond acceptors (Lipinski definition) is 14. The summed E-state index contributed by atoms with van der Waals surface area (Å²) < 4.78 is 39.0. The molecule has 0 amide bonds. The van der Waals surface area contributed by atoms with Crippen LogP contribution in [0.25, 0.3) is 11.0 Å². The van der Waals surface area contributed by atoms with Gasteiger partial charge in [0.25, 0.3) is 0 Å². The first kappa shape index (κ1) is 46.9. The topological polar surface area (TPSA) is 205 Å². The van der Waals surface area contributed by atoms with Gasteiger partial charge in [0.2, 0.25) is 5.79 Å². The number of nitrogen functional groups attached to an aromatic ring is 2. The van der Waals surface area contributed by atoms with Crippen molar-refractivity contribution in [3.05, 3.63) is 191 Å². The van der Waals surface area contributed by atoms with Crippen molar-refractivity contribution in [2.24, 2.45) is 0 Å². The van der Waals surface area contributed by atoms with E-state index in [4.69, 9.17) is 39.9 Å². The first-order valence-electron chi connectivity index (χ1n) is 21.7. The highest BCUT2D eigenvalue weighted by Gasteiger charge is 2.52. The van der Waals surface area contributed by atoms with Gasteiger partial charge in [0.05, 0.1) is 45.7 Å². The van der Waals surface area contributed by atoms with Crippen LogP contribution in [-0.4, -0.2) is 77.9 Å². The molecule has 5 atom stereocenters. The summed E-state index contributed by atoms with van der Waals surface area (Å²) in [5.74, 6) is -1.20. The maximum Gasteiger partial charge on any atom is 0.335 e. The number of aliphatic hydroxyl groups is 1. The second-order valence-corrected chi connectivity index (χ2v) is 16.6. The molecule has 0 spiro atoms. The van der Waals surface area contributed by atoms with Gasteiger partial charge in [-0.25, -0.2) is 23.8 Å². The van der Waals surface area contributed by atoms with Crippen molar-refractivity contribution in [1.82, 2.24) is 29.2 Å². The normalized spacial score (nSPS) is 19.9. The second kappa shape index (κ2) is 22.8. The largest absolute Gasteiger partial charge is 0.458 e. The zero-order chi connectivity index (χ0) is 46.4. The minimum atomic E-state index is -1.72. The van der Waals surface area contributed by atoms with Gasteiger partial charge in [-0.15, -0.1) is 0 Å². The number of nitrogens with two attached hydrogens (primary N) is 2. The summed E-state index contributed by atoms with van der Waals surface area (Å²) in [6.07, 6.45) is 2.07. The van der Waals surface area contributed by atoms with Crippen molar-refractivity contribution in [3.63, 3.8) is 0 Å². The highest BCUT2D eigenvalue weighted by atomic mass is 79.9. The van der Waals surface area contributed by atoms with E-state index in [2.05, 4.69) is 36.1 Å². The fourth-order valence-corrected chi connectivity index (χ4v) is 8.01. The quantitative estimate of drug-likeness (QED) is 0.0868. The van der Waals surface area contributed by atoms with Crippen LogP contribution in [-0.2, 0) is 65.4 Å². The minimum Gasteiger partial charge on any atom is -0.458 e. The molecule has 0 saturated carbocycles. The van der Waals surface area contributed by atoms with Crippen molar-refractivity contribution in [3.8, 4) is 0 Å². The fraction of sp³-hybridized carbons (Fsp3) is 0.260. The first-order chi connectivity index (χ1) is 32.7. The summed E-state index contributed by atoms with van der Waals surface area (Å²) in [6, 6.07) is 46.7. The molecule has 5 N–H and O–H groups in total. The lowest BCUT2D eigenvalue weighted by atomic mass is 10.0. The van der Waals surface area contributed by atoms with E-state index in [0.29, 0.717) is 75.3 Å². The van der Waals surface area contributed by atoms with Gasteiger partial charge in [-0.3, -0.25) is 0 Å². The molecular weight excluding hydrogens is 921 g/mol. The third kappa shape index (κ3) is 12.3. The molecule has 1 unspecified atom stereocenters. The number of esters is 1. The monoisotopic (exact) mass is 970 g/mol. The molecular formula is C50H51BrN8O8. The number of rotatable bonds is 15. The second-order valence-electron chi connectivity index (χ2n) is 15.8. The molecule has 346 valence electrons. The predicted octanol–water partition coefficient (Wildman–Crippen LogP) is 7.23. The number of benzene rings is 4. The Morgan fingerprint density at radius 2 is 1.09 bits per heavy atom. The van der Waals surface area contributed by atoms with E-state index in [9.17, 15) is 9.90 Å². The molecule has 67 heavy (non-hydrogen) atoms. The Hall–Kier alpha value is -6.57. The molecule has 0 radical (unpaired) electrons. The summed E-state index contributed by atoms with van der Waals surface area (Å²) in [5.41, 5.74) is 17.6. The van der Waals surface area contributed by atoms with Crippen molar-refractivity contribution in [2.75, 3.05) is 24.7 Å². The molecule has 17 heteroatoms. The summed E-state index contributed by atoms with van der Waals surface area (Å²) in [6.45, 7) is 2.46. The van der Waals surface area contributed by atoms with Gasteiger partial charge in [-0.05, 0) is 62.4 Å². The van der Waals surface area contributed by atoms with Gasteiger partial charge < -0.3 is 45.0 Å². The lowest BCUT2D eigenvalue weighted by Gasteiger charge is -2.28. The fourth-order valence-electron chi connectivity index (χ4n) is 7.60. The van der Waals surface area contributed by atoms with Crippen LogP contribution in [0.2, 0.25) is 0 Å². The summed E-state index contributed by atoms with van der Waals surface area (Å²) >= 11 is 3.32. The molecule has 2 fully saturated rings. The Bertz CT molecular complexity index is 2790. The molecule has 16 nitrogen and oxygen atoms in total. The van der Waals surface area contributed by atoms with Gasteiger partial charge in [0, 0.05) is 12.8 Å². The molecule has 0 aliphatic carbocycles. The molecule has 10 rings (SSSR count). The number of anilines is 2. The summed E-state index contributed by atoms with van der Waals surface area (Å²) in [7, 11) is 0. The average Bonchev–Trinajstić information content (AvgIpc) is 4.14. The minimum absolute atomic E-state index is 0.230. The van der Waals surface area contributed by atoms with Crippen LogP contribution >= 0.6 is 15.9 Å². The van der Waals surface area contributed by atoms with Crippen LogP contribution in [0.1, 0.15) is 40.8 Å². The smallest absolute Gasteiger partial charge is 0.335 e. The Kier molecular flexibility index (Phi) is 15.9. The molecule has 2 saturated heterocycles. The van der Waals surface area contributed by atoms with E-state index in [1.165, 1.54) is 12.7 Å². The SMILES string of the molecule is Nc1ncnn2c(Br)ccc12.Nc1ncnn2c(C3(O)O[C@H](COCc4ccccc4)C[C@H]3OCc3ccccc3)ccc12.O=C1O[C@H](COCc2ccccc2)C[C@H]1OCc1ccccc1. The van der Waals surface area contributed by atoms with Crippen LogP contribution in [0, 0.1) is 0 Å². The molecule has 4 aromatic heterocycles. The van der Waals surface area contributed by atoms with Crippen molar-refractivity contribution in [1.29, 1.82) is 0 Å². The maximum atomic E-state index is 11.8. The first-order valence-corrected chi connectivity index (χ1v) is 22.5. The van der Waals surface area contributed by atoms with Crippen molar-refractivity contribution in [2.45, 2.75) is 69.5 Å². The van der Waals surface area contributed by atoms with Gasteiger partial charge in [0.1, 0.15) is 46.2 Å². The van der Waals surface area contributed by atoms with E-state index in [1.54, 1.807) is 21.2 Å². The predicted molar refractivity (Wildman–Crippen MR) is 253 cm³/mol. The molecule has 2 aliphatic heterocycles. The van der Waals surface area contributed by atoms with E-state index < -0.39 is 18.0 Å². The molecule has 0 bridgehead atoms. The standard InChI is InChI=1S/C25H26N4O4.C19H20O4.C6H5BrN4/c26-24-21-11-12-22(29(21)28-17-27-24)25(30)23(32-15-19-9-5-2-6-10-19)13-20(33-25)16-31-14-18-7-3-1-4-8-18;20-19-18(22-13-16-9-5-2-6-10-16)11-17(23-19)14-21-12-15-7-3-1-4-8-15;7-5-2-1-4-6(8)9-3-10-11(4)5/h1-12,17,20,23,30H,13-16H2,(H2,26,27,28);1-10,17-18H,11-14H2;1-3H,(H2,8,9,10)/t20-,23+,25?;17-,18+;/m00./s1. The number of aromatic nitrogens is 6. The van der Waals surface area contributed by atoms with E-state index in [-0.39, 0.29) is 18.2 Å². The average molecular weight is 972 g/mol. The van der Waals surface area contributed by atoms with Gasteiger partial charge in [-0.1, -0.05) is 121 Å². The van der Waals surface area contributed by atoms with Gasteiger partial charge in [0.15, 0.2) is 17.7 Å². The molecule has 4 aromatic carbocycles. The van der Waals surface area contributed by atoms with Crippen LogP contribution in [0.3, 0.4) is 0 Å². The Morgan fingerprint density at radius 3 is 1.64 bits per heavy atom. The van der Waals surface area contributed by atoms with Crippen LogP contribution in [0.4, 0.5) is 11.6 Å². The number of fused-ring (bicyclic) bond motifs is 2. The Morgan fingerprint density at radius 1 is 0.612 bits per heavy atom.